The van der Waals surface area contributed by atoms with Crippen molar-refractivity contribution in [3.63, 3.8) is 0 Å². The lowest BCUT2D eigenvalue weighted by Crippen LogP contribution is -2.24. The van der Waals surface area contributed by atoms with Crippen LogP contribution in [0.1, 0.15) is 37.4 Å². The molecule has 1 aliphatic rings. The first-order valence-corrected chi connectivity index (χ1v) is 10.1. The van der Waals surface area contributed by atoms with Gasteiger partial charge in [-0.1, -0.05) is 42.5 Å². The van der Waals surface area contributed by atoms with Gasteiger partial charge in [0.2, 0.25) is 15.9 Å². The monoisotopic (exact) mass is 371 g/mol. The number of hydrogen-bond acceptors (Lipinski definition) is 4. The second-order valence-electron chi connectivity index (χ2n) is 6.12. The van der Waals surface area contributed by atoms with Crippen LogP contribution in [0.15, 0.2) is 59.7 Å². The van der Waals surface area contributed by atoms with Gasteiger partial charge in [0, 0.05) is 19.0 Å². The van der Waals surface area contributed by atoms with Gasteiger partial charge in [-0.3, -0.25) is 9.52 Å². The molecule has 0 bridgehead atoms. The molecule has 0 saturated heterocycles. The van der Waals surface area contributed by atoms with Crippen LogP contribution in [0.25, 0.3) is 0 Å². The van der Waals surface area contributed by atoms with Gasteiger partial charge in [0.25, 0.3) is 0 Å². The quantitative estimate of drug-likeness (QED) is 0.877. The molecule has 26 heavy (non-hydrogen) atoms. The average molecular weight is 371 g/mol. The number of benzene rings is 2. The predicted molar refractivity (Wildman–Crippen MR) is 102 cm³/mol. The van der Waals surface area contributed by atoms with Gasteiger partial charge in [0.1, 0.15) is 0 Å². The van der Waals surface area contributed by atoms with E-state index in [0.717, 1.165) is 16.8 Å². The van der Waals surface area contributed by atoms with E-state index in [1.54, 1.807) is 19.1 Å². The van der Waals surface area contributed by atoms with Gasteiger partial charge in [-0.2, -0.15) is 5.10 Å². The van der Waals surface area contributed by atoms with Crippen LogP contribution in [0.4, 0.5) is 5.69 Å². The first kappa shape index (κ1) is 18.1. The number of anilines is 1. The molecule has 2 aromatic carbocycles. The van der Waals surface area contributed by atoms with Crippen LogP contribution in [0.3, 0.4) is 0 Å². The molecule has 0 aliphatic carbocycles. The zero-order valence-corrected chi connectivity index (χ0v) is 15.5. The Labute approximate surface area is 153 Å². The van der Waals surface area contributed by atoms with Gasteiger partial charge in [0.05, 0.1) is 17.5 Å². The Bertz CT molecular complexity index is 922. The van der Waals surface area contributed by atoms with Crippen molar-refractivity contribution in [2.75, 3.05) is 10.5 Å². The maximum Gasteiger partial charge on any atom is 0.240 e. The predicted octanol–water partition coefficient (Wildman–Crippen LogP) is 3.15. The highest BCUT2D eigenvalue weighted by atomic mass is 32.2. The normalized spacial score (nSPS) is 17.1. The summed E-state index contributed by atoms with van der Waals surface area (Å²) in [4.78, 5) is 12.0. The van der Waals surface area contributed by atoms with Gasteiger partial charge >= 0.3 is 0 Å². The van der Waals surface area contributed by atoms with Crippen LogP contribution < -0.4 is 4.72 Å². The third kappa shape index (κ3) is 3.94. The molecular weight excluding hydrogens is 350 g/mol. The van der Waals surface area contributed by atoms with Crippen molar-refractivity contribution >= 4 is 27.3 Å². The third-order valence-corrected chi connectivity index (χ3v) is 5.60. The molecule has 0 saturated carbocycles. The summed E-state index contributed by atoms with van der Waals surface area (Å²) in [7, 11) is -3.30. The van der Waals surface area contributed by atoms with Crippen LogP contribution in [0, 0.1) is 0 Å². The molecule has 1 aliphatic heterocycles. The molecule has 0 aromatic heterocycles. The van der Waals surface area contributed by atoms with E-state index in [-0.39, 0.29) is 17.7 Å². The van der Waals surface area contributed by atoms with Crippen molar-refractivity contribution in [2.24, 2.45) is 5.10 Å². The summed E-state index contributed by atoms with van der Waals surface area (Å²) in [5.74, 6) is -0.0884. The summed E-state index contributed by atoms with van der Waals surface area (Å²) in [5.41, 5.74) is 3.22. The Morgan fingerprint density at radius 1 is 1.15 bits per heavy atom. The number of hydrogen-bond donors (Lipinski definition) is 1. The van der Waals surface area contributed by atoms with Gasteiger partial charge < -0.3 is 0 Å². The minimum absolute atomic E-state index is 0.0216. The first-order valence-electron chi connectivity index (χ1n) is 8.43. The molecule has 1 atom stereocenters. The lowest BCUT2D eigenvalue weighted by molar-refractivity contribution is -0.130. The molecular formula is C19H21N3O3S. The Kier molecular flexibility index (Phi) is 5.08. The van der Waals surface area contributed by atoms with E-state index in [9.17, 15) is 13.2 Å². The van der Waals surface area contributed by atoms with Gasteiger partial charge in [0.15, 0.2) is 0 Å². The molecule has 1 heterocycles. The number of amides is 1. The van der Waals surface area contributed by atoms with E-state index in [1.165, 1.54) is 11.9 Å². The number of sulfonamides is 1. The number of nitrogens with zero attached hydrogens (tertiary/aromatic N) is 2. The summed E-state index contributed by atoms with van der Waals surface area (Å²) in [5, 5.41) is 6.01. The molecule has 1 N–H and O–H groups in total. The highest BCUT2D eigenvalue weighted by Crippen LogP contribution is 2.32. The van der Waals surface area contributed by atoms with Crippen LogP contribution in [-0.4, -0.2) is 30.8 Å². The molecule has 2 aromatic rings. The van der Waals surface area contributed by atoms with E-state index < -0.39 is 10.0 Å². The largest absolute Gasteiger partial charge is 0.284 e. The van der Waals surface area contributed by atoms with E-state index >= 15 is 0 Å². The number of carbonyl (C=O) groups excluding carboxylic acids is 1. The van der Waals surface area contributed by atoms with Crippen molar-refractivity contribution in [1.29, 1.82) is 0 Å². The second kappa shape index (κ2) is 7.29. The lowest BCUT2D eigenvalue weighted by atomic mass is 9.98. The average Bonchev–Trinajstić information content (AvgIpc) is 3.08. The fourth-order valence-electron chi connectivity index (χ4n) is 2.89. The SMILES string of the molecule is CCS(=O)(=O)Nc1ccc(C2=NN(C(C)=O)[C@H](c3ccccc3)C2)cc1. The molecule has 7 heteroatoms. The topological polar surface area (TPSA) is 78.8 Å². The van der Waals surface area contributed by atoms with Crippen LogP contribution in [-0.2, 0) is 14.8 Å². The van der Waals surface area contributed by atoms with Crippen LogP contribution in [0.5, 0.6) is 0 Å². The van der Waals surface area contributed by atoms with Crippen LogP contribution >= 0.6 is 0 Å². The van der Waals surface area contributed by atoms with E-state index in [0.29, 0.717) is 12.1 Å². The van der Waals surface area contributed by atoms with Crippen LogP contribution in [0.2, 0.25) is 0 Å². The maximum absolute atomic E-state index is 12.0. The molecule has 0 fully saturated rings. The highest BCUT2D eigenvalue weighted by molar-refractivity contribution is 7.92. The fraction of sp³-hybridized carbons (Fsp3) is 0.263. The standard InChI is InChI=1S/C19H21N3O3S/c1-3-26(24,25)21-17-11-9-15(10-12-17)18-13-19(22(20-18)14(2)23)16-7-5-4-6-8-16/h4-12,19,21H,3,13H2,1-2H3/t19-/m0/s1. The van der Waals surface area contributed by atoms with Gasteiger partial charge in [-0.15, -0.1) is 0 Å². The summed E-state index contributed by atoms with van der Waals surface area (Å²) in [6.45, 7) is 3.09. The molecule has 6 nitrogen and oxygen atoms in total. The van der Waals surface area contributed by atoms with E-state index in [4.69, 9.17) is 0 Å². The molecule has 0 radical (unpaired) electrons. The highest BCUT2D eigenvalue weighted by Gasteiger charge is 2.31. The van der Waals surface area contributed by atoms with Crippen molar-refractivity contribution in [1.82, 2.24) is 5.01 Å². The maximum atomic E-state index is 12.0. The smallest absolute Gasteiger partial charge is 0.240 e. The summed E-state index contributed by atoms with van der Waals surface area (Å²) < 4.78 is 25.8. The number of carbonyl (C=O) groups is 1. The second-order valence-corrected chi connectivity index (χ2v) is 8.13. The summed E-state index contributed by atoms with van der Waals surface area (Å²) >= 11 is 0. The molecule has 1 amide bonds. The number of nitrogens with one attached hydrogen (secondary N) is 1. The zero-order valence-electron chi connectivity index (χ0n) is 14.7. The van der Waals surface area contributed by atoms with E-state index in [1.807, 2.05) is 42.5 Å². The Morgan fingerprint density at radius 3 is 2.38 bits per heavy atom. The summed E-state index contributed by atoms with van der Waals surface area (Å²) in [6.07, 6.45) is 0.615. The van der Waals surface area contributed by atoms with Crippen molar-refractivity contribution in [3.05, 3.63) is 65.7 Å². The van der Waals surface area contributed by atoms with Gasteiger partial charge in [-0.05, 0) is 30.2 Å². The van der Waals surface area contributed by atoms with Gasteiger partial charge in [-0.25, -0.2) is 13.4 Å². The molecule has 136 valence electrons. The first-order chi connectivity index (χ1) is 12.4. The van der Waals surface area contributed by atoms with Crippen molar-refractivity contribution in [3.8, 4) is 0 Å². The molecule has 0 unspecified atom stereocenters. The number of hydrazone groups is 1. The Hall–Kier alpha value is -2.67. The minimum atomic E-state index is -3.30. The zero-order chi connectivity index (χ0) is 18.7. The Balaban J connectivity index is 1.83. The summed E-state index contributed by atoms with van der Waals surface area (Å²) in [6, 6.07) is 16.7. The van der Waals surface area contributed by atoms with Crippen molar-refractivity contribution in [2.45, 2.75) is 26.3 Å². The lowest BCUT2D eigenvalue weighted by Gasteiger charge is -2.20. The third-order valence-electron chi connectivity index (χ3n) is 4.29. The number of rotatable bonds is 5. The fourth-order valence-corrected chi connectivity index (χ4v) is 3.53. The molecule has 0 spiro atoms. The minimum Gasteiger partial charge on any atom is -0.284 e. The molecule has 3 rings (SSSR count). The van der Waals surface area contributed by atoms with Crippen molar-refractivity contribution < 1.29 is 13.2 Å². The van der Waals surface area contributed by atoms with E-state index in [2.05, 4.69) is 9.82 Å². The Morgan fingerprint density at radius 2 is 1.81 bits per heavy atom.